The van der Waals surface area contributed by atoms with Crippen LogP contribution in [0.25, 0.3) is 6.08 Å². The van der Waals surface area contributed by atoms with Gasteiger partial charge in [0.15, 0.2) is 0 Å². The maximum absolute atomic E-state index is 12.4. The Morgan fingerprint density at radius 1 is 1.04 bits per heavy atom. The first-order valence-corrected chi connectivity index (χ1v) is 9.44. The number of hydrogen-bond acceptors (Lipinski definition) is 4. The minimum Gasteiger partial charge on any atom is -0.488 e. The van der Waals surface area contributed by atoms with Crippen molar-refractivity contribution < 1.29 is 19.1 Å². The molecule has 1 fully saturated rings. The van der Waals surface area contributed by atoms with Gasteiger partial charge in [0.2, 0.25) is 0 Å². The van der Waals surface area contributed by atoms with Gasteiger partial charge in [-0.2, -0.15) is 0 Å². The normalized spacial score (nSPS) is 14.6. The molecule has 1 aliphatic heterocycles. The summed E-state index contributed by atoms with van der Waals surface area (Å²) in [6.45, 7) is 0.220. The van der Waals surface area contributed by atoms with E-state index in [4.69, 9.17) is 16.3 Å². The molecule has 0 radical (unpaired) electrons. The lowest BCUT2D eigenvalue weighted by molar-refractivity contribution is -0.134. The maximum atomic E-state index is 12.4. The summed E-state index contributed by atoms with van der Waals surface area (Å²) >= 11 is 9.54. The molecule has 0 aromatic heterocycles. The maximum Gasteiger partial charge on any atom is 0.333 e. The number of barbiturate groups is 1. The van der Waals surface area contributed by atoms with Gasteiger partial charge in [-0.05, 0) is 30.3 Å². The van der Waals surface area contributed by atoms with Crippen LogP contribution in [0, 0.1) is 0 Å². The molecule has 2 aromatic rings. The number of hydrogen-bond donors (Lipinski definition) is 0. The van der Waals surface area contributed by atoms with E-state index in [0.29, 0.717) is 16.3 Å². The third-order valence-electron chi connectivity index (χ3n) is 4.26. The predicted octanol–water partition coefficient (Wildman–Crippen LogP) is 4.12. The van der Waals surface area contributed by atoms with Crippen LogP contribution >= 0.6 is 27.5 Å². The van der Waals surface area contributed by atoms with Gasteiger partial charge in [0.25, 0.3) is 11.8 Å². The van der Waals surface area contributed by atoms with E-state index < -0.39 is 17.8 Å². The first-order chi connectivity index (χ1) is 13.3. The number of likely N-dealkylation sites (N-methyl/N-ethyl adjacent to an activating group) is 2. The second-order valence-corrected chi connectivity index (χ2v) is 7.45. The molecule has 6 nitrogen and oxygen atoms in total. The molecule has 1 heterocycles. The Labute approximate surface area is 175 Å². The molecular weight excluding hydrogens is 448 g/mol. The number of carbonyl (C=O) groups is 3. The van der Waals surface area contributed by atoms with Crippen LogP contribution in [0.3, 0.4) is 0 Å². The highest BCUT2D eigenvalue weighted by Gasteiger charge is 2.37. The van der Waals surface area contributed by atoms with Crippen molar-refractivity contribution in [2.75, 3.05) is 14.1 Å². The topological polar surface area (TPSA) is 66.9 Å². The van der Waals surface area contributed by atoms with Crippen LogP contribution < -0.4 is 4.74 Å². The molecule has 3 rings (SSSR count). The summed E-state index contributed by atoms with van der Waals surface area (Å²) in [6.07, 6.45) is 1.43. The Morgan fingerprint density at radius 3 is 2.32 bits per heavy atom. The molecule has 1 aliphatic rings. The van der Waals surface area contributed by atoms with Crippen LogP contribution in [-0.2, 0) is 16.2 Å². The smallest absolute Gasteiger partial charge is 0.333 e. The highest BCUT2D eigenvalue weighted by molar-refractivity contribution is 9.10. The van der Waals surface area contributed by atoms with Crippen molar-refractivity contribution in [2.45, 2.75) is 6.61 Å². The molecule has 0 unspecified atom stereocenters. The lowest BCUT2D eigenvalue weighted by Gasteiger charge is -2.29. The highest BCUT2D eigenvalue weighted by Crippen LogP contribution is 2.29. The lowest BCUT2D eigenvalue weighted by atomic mass is 10.1. The molecule has 4 amide bonds. The van der Waals surface area contributed by atoms with Crippen molar-refractivity contribution in [3.05, 3.63) is 68.7 Å². The standard InChI is InChI=1S/C20H16BrClN2O4/c1-23-18(25)15(19(26)24(2)20(23)27)10-13-9-14(21)7-8-17(13)28-11-12-5-3-4-6-16(12)22/h3-10H,11H2,1-2H3. The van der Waals surface area contributed by atoms with E-state index in [0.717, 1.165) is 19.8 Å². The second-order valence-electron chi connectivity index (χ2n) is 6.13. The molecule has 0 aliphatic carbocycles. The van der Waals surface area contributed by atoms with Gasteiger partial charge < -0.3 is 4.74 Å². The summed E-state index contributed by atoms with van der Waals surface area (Å²) in [5.41, 5.74) is 1.21. The van der Waals surface area contributed by atoms with E-state index in [1.165, 1.54) is 20.2 Å². The van der Waals surface area contributed by atoms with Gasteiger partial charge >= 0.3 is 6.03 Å². The van der Waals surface area contributed by atoms with Crippen LogP contribution in [0.4, 0.5) is 4.79 Å². The van der Waals surface area contributed by atoms with E-state index >= 15 is 0 Å². The van der Waals surface area contributed by atoms with E-state index in [1.54, 1.807) is 24.3 Å². The third-order valence-corrected chi connectivity index (χ3v) is 5.12. The Balaban J connectivity index is 1.95. The van der Waals surface area contributed by atoms with E-state index in [2.05, 4.69) is 15.9 Å². The zero-order chi connectivity index (χ0) is 20.4. The molecular formula is C20H16BrClN2O4. The number of carbonyl (C=O) groups excluding carboxylic acids is 3. The number of ether oxygens (including phenoxy) is 1. The van der Waals surface area contributed by atoms with Crippen molar-refractivity contribution >= 4 is 51.5 Å². The third kappa shape index (κ3) is 3.95. The SMILES string of the molecule is CN1C(=O)C(=Cc2cc(Br)ccc2OCc2ccccc2Cl)C(=O)N(C)C1=O. The van der Waals surface area contributed by atoms with Crippen LogP contribution in [0.15, 0.2) is 52.5 Å². The Kier molecular flexibility index (Phi) is 5.86. The van der Waals surface area contributed by atoms with Crippen LogP contribution in [0.5, 0.6) is 5.75 Å². The van der Waals surface area contributed by atoms with Gasteiger partial charge in [0.05, 0.1) is 0 Å². The fourth-order valence-electron chi connectivity index (χ4n) is 2.67. The first kappa shape index (κ1) is 20.1. The van der Waals surface area contributed by atoms with E-state index in [-0.39, 0.29) is 12.2 Å². The van der Waals surface area contributed by atoms with E-state index in [9.17, 15) is 14.4 Å². The van der Waals surface area contributed by atoms with Crippen LogP contribution in [0.2, 0.25) is 5.02 Å². The van der Waals surface area contributed by atoms with Crippen molar-refractivity contribution in [3.8, 4) is 5.75 Å². The minimum absolute atomic E-state index is 0.120. The molecule has 8 heteroatoms. The molecule has 0 N–H and O–H groups in total. The second kappa shape index (κ2) is 8.16. The Morgan fingerprint density at radius 2 is 1.68 bits per heavy atom. The van der Waals surface area contributed by atoms with Crippen LogP contribution in [0.1, 0.15) is 11.1 Å². The van der Waals surface area contributed by atoms with Gasteiger partial charge in [-0.25, -0.2) is 4.79 Å². The van der Waals surface area contributed by atoms with Gasteiger partial charge in [-0.1, -0.05) is 45.7 Å². The summed E-state index contributed by atoms with van der Waals surface area (Å²) in [5, 5.41) is 0.582. The van der Waals surface area contributed by atoms with Crippen molar-refractivity contribution in [2.24, 2.45) is 0 Å². The summed E-state index contributed by atoms with van der Waals surface area (Å²) in [7, 11) is 2.66. The predicted molar refractivity (Wildman–Crippen MR) is 109 cm³/mol. The first-order valence-electron chi connectivity index (χ1n) is 8.27. The summed E-state index contributed by atoms with van der Waals surface area (Å²) in [5.74, 6) is -0.853. The molecule has 28 heavy (non-hydrogen) atoms. The number of imide groups is 2. The summed E-state index contributed by atoms with van der Waals surface area (Å²) in [4.78, 5) is 38.6. The van der Waals surface area contributed by atoms with Gasteiger partial charge in [0, 0.05) is 34.7 Å². The summed E-state index contributed by atoms with van der Waals surface area (Å²) < 4.78 is 6.63. The van der Waals surface area contributed by atoms with Crippen molar-refractivity contribution in [1.29, 1.82) is 0 Å². The fraction of sp³-hybridized carbons (Fsp3) is 0.150. The average Bonchev–Trinajstić information content (AvgIpc) is 2.68. The van der Waals surface area contributed by atoms with Crippen molar-refractivity contribution in [1.82, 2.24) is 9.80 Å². The van der Waals surface area contributed by atoms with Crippen LogP contribution in [-0.4, -0.2) is 41.7 Å². The number of rotatable bonds is 4. The molecule has 1 saturated heterocycles. The van der Waals surface area contributed by atoms with E-state index in [1.807, 2.05) is 18.2 Å². The quantitative estimate of drug-likeness (QED) is 0.505. The largest absolute Gasteiger partial charge is 0.488 e. The van der Waals surface area contributed by atoms with Gasteiger partial charge in [-0.15, -0.1) is 0 Å². The zero-order valence-electron chi connectivity index (χ0n) is 15.1. The van der Waals surface area contributed by atoms with Gasteiger partial charge in [0.1, 0.15) is 17.9 Å². The number of amides is 4. The van der Waals surface area contributed by atoms with Crippen molar-refractivity contribution in [3.63, 3.8) is 0 Å². The molecule has 0 spiro atoms. The monoisotopic (exact) mass is 462 g/mol. The molecule has 0 bridgehead atoms. The van der Waals surface area contributed by atoms with Gasteiger partial charge in [-0.3, -0.25) is 19.4 Å². The number of urea groups is 1. The highest BCUT2D eigenvalue weighted by atomic mass is 79.9. The molecule has 0 saturated carbocycles. The average molecular weight is 464 g/mol. The zero-order valence-corrected chi connectivity index (χ0v) is 17.5. The fourth-order valence-corrected chi connectivity index (χ4v) is 3.23. The Bertz CT molecular complexity index is 979. The molecule has 144 valence electrons. The molecule has 0 atom stereocenters. The summed E-state index contributed by atoms with van der Waals surface area (Å²) in [6, 6.07) is 11.9. The number of benzene rings is 2. The molecule has 2 aromatic carbocycles. The lowest BCUT2D eigenvalue weighted by Crippen LogP contribution is -2.52. The number of nitrogens with zero attached hydrogens (tertiary/aromatic N) is 2. The number of halogens is 2. The minimum atomic E-state index is -0.670. The Hall–Kier alpha value is -2.64.